The predicted octanol–water partition coefficient (Wildman–Crippen LogP) is 4.86. The summed E-state index contributed by atoms with van der Waals surface area (Å²) in [6, 6.07) is 18.3. The van der Waals surface area contributed by atoms with Gasteiger partial charge in [-0.05, 0) is 60.7 Å². The minimum absolute atomic E-state index is 0.0503. The van der Waals surface area contributed by atoms with Gasteiger partial charge in [-0.3, -0.25) is 9.36 Å². The van der Waals surface area contributed by atoms with Crippen LogP contribution in [-0.4, -0.2) is 61.1 Å². The molecule has 0 fully saturated rings. The van der Waals surface area contributed by atoms with Crippen LogP contribution in [0, 0.1) is 0 Å². The summed E-state index contributed by atoms with van der Waals surface area (Å²) in [5, 5.41) is 13.9. The summed E-state index contributed by atoms with van der Waals surface area (Å²) in [5.74, 6) is 2.45. The molecular formula is C27H26ClN5O5S. The lowest BCUT2D eigenvalue weighted by Crippen LogP contribution is -2.20. The Morgan fingerprint density at radius 1 is 0.923 bits per heavy atom. The maximum absolute atomic E-state index is 12.6. The number of hydrogen-bond acceptors (Lipinski definition) is 9. The fourth-order valence-electron chi connectivity index (χ4n) is 3.68. The Bertz CT molecular complexity index is 1460. The molecule has 0 saturated heterocycles. The van der Waals surface area contributed by atoms with Crippen molar-refractivity contribution in [1.29, 1.82) is 0 Å². The molecule has 0 bridgehead atoms. The van der Waals surface area contributed by atoms with Crippen LogP contribution in [0.5, 0.6) is 23.0 Å². The number of nitrogens with zero attached hydrogens (tertiary/aromatic N) is 4. The number of amides is 1. The van der Waals surface area contributed by atoms with Crippen LogP contribution in [0.15, 0.2) is 70.9 Å². The summed E-state index contributed by atoms with van der Waals surface area (Å²) in [7, 11) is 6.18. The van der Waals surface area contributed by atoms with Crippen molar-refractivity contribution in [1.82, 2.24) is 20.2 Å². The molecule has 1 aromatic heterocycles. The van der Waals surface area contributed by atoms with E-state index < -0.39 is 0 Å². The maximum atomic E-state index is 12.6. The third-order valence-electron chi connectivity index (χ3n) is 5.53. The average Bonchev–Trinajstić information content (AvgIpc) is 3.40. The quantitative estimate of drug-likeness (QED) is 0.155. The standard InChI is InChI=1S/C27H26ClN5O5S/c1-35-21-12-5-17(6-13-21)26-31-32-27(33(26)20-10-8-19(28)9-11-20)39-16-23(34)30-29-15-18-7-14-22(36-2)25(38-4)24(18)37-3/h5-15H,16H2,1-4H3,(H,30,34). The lowest BCUT2D eigenvalue weighted by molar-refractivity contribution is -0.118. The lowest BCUT2D eigenvalue weighted by Gasteiger charge is -2.13. The minimum Gasteiger partial charge on any atom is -0.497 e. The van der Waals surface area contributed by atoms with E-state index in [0.29, 0.717) is 38.8 Å². The summed E-state index contributed by atoms with van der Waals surface area (Å²) in [5.41, 5.74) is 4.77. The van der Waals surface area contributed by atoms with Crippen molar-refractivity contribution >= 4 is 35.5 Å². The van der Waals surface area contributed by atoms with Gasteiger partial charge in [0.25, 0.3) is 5.91 Å². The highest BCUT2D eigenvalue weighted by Crippen LogP contribution is 2.39. The molecule has 0 atom stereocenters. The van der Waals surface area contributed by atoms with Crippen molar-refractivity contribution in [3.63, 3.8) is 0 Å². The van der Waals surface area contributed by atoms with Crippen LogP contribution in [0.25, 0.3) is 17.1 Å². The van der Waals surface area contributed by atoms with Gasteiger partial charge in [-0.1, -0.05) is 23.4 Å². The van der Waals surface area contributed by atoms with Crippen molar-refractivity contribution in [2.75, 3.05) is 34.2 Å². The molecule has 10 nitrogen and oxygen atoms in total. The zero-order chi connectivity index (χ0) is 27.8. The molecule has 3 aromatic carbocycles. The van der Waals surface area contributed by atoms with E-state index in [2.05, 4.69) is 20.7 Å². The Balaban J connectivity index is 1.51. The van der Waals surface area contributed by atoms with E-state index in [4.69, 9.17) is 30.5 Å². The maximum Gasteiger partial charge on any atom is 0.250 e. The van der Waals surface area contributed by atoms with Crippen molar-refractivity contribution in [3.05, 3.63) is 71.2 Å². The van der Waals surface area contributed by atoms with Crippen LogP contribution in [0.3, 0.4) is 0 Å². The number of nitrogens with one attached hydrogen (secondary N) is 1. The molecular weight excluding hydrogens is 542 g/mol. The van der Waals surface area contributed by atoms with Gasteiger partial charge in [-0.2, -0.15) is 5.10 Å². The molecule has 4 rings (SSSR count). The molecule has 0 aliphatic carbocycles. The van der Waals surface area contributed by atoms with Crippen molar-refractivity contribution < 1.29 is 23.7 Å². The number of carbonyl (C=O) groups excluding carboxylic acids is 1. The highest BCUT2D eigenvalue weighted by molar-refractivity contribution is 7.99. The molecule has 39 heavy (non-hydrogen) atoms. The third kappa shape index (κ3) is 6.44. The second-order valence-electron chi connectivity index (χ2n) is 7.85. The average molecular weight is 568 g/mol. The van der Waals surface area contributed by atoms with E-state index in [9.17, 15) is 4.79 Å². The van der Waals surface area contributed by atoms with Crippen molar-refractivity contribution in [2.45, 2.75) is 5.16 Å². The molecule has 0 spiro atoms. The molecule has 1 amide bonds. The van der Waals surface area contributed by atoms with E-state index in [1.165, 1.54) is 39.3 Å². The summed E-state index contributed by atoms with van der Waals surface area (Å²) in [6.07, 6.45) is 1.47. The van der Waals surface area contributed by atoms with Gasteiger partial charge in [0.15, 0.2) is 22.5 Å². The van der Waals surface area contributed by atoms with Crippen LogP contribution >= 0.6 is 23.4 Å². The smallest absolute Gasteiger partial charge is 0.250 e. The minimum atomic E-state index is -0.327. The molecule has 0 saturated carbocycles. The summed E-state index contributed by atoms with van der Waals surface area (Å²) in [4.78, 5) is 12.6. The fraction of sp³-hybridized carbons (Fsp3) is 0.185. The van der Waals surface area contributed by atoms with Gasteiger partial charge in [-0.25, -0.2) is 5.43 Å². The second kappa shape index (κ2) is 13.0. The number of hydrogen-bond donors (Lipinski definition) is 1. The molecule has 0 aliphatic heterocycles. The molecule has 1 N–H and O–H groups in total. The number of benzene rings is 3. The zero-order valence-electron chi connectivity index (χ0n) is 21.7. The van der Waals surface area contributed by atoms with E-state index in [0.717, 1.165) is 17.0 Å². The zero-order valence-corrected chi connectivity index (χ0v) is 23.2. The Kier molecular flexibility index (Phi) is 9.29. The summed E-state index contributed by atoms with van der Waals surface area (Å²) < 4.78 is 23.2. The Morgan fingerprint density at radius 2 is 1.64 bits per heavy atom. The molecule has 0 radical (unpaired) electrons. The molecule has 0 aliphatic rings. The van der Waals surface area contributed by atoms with Gasteiger partial charge in [0, 0.05) is 21.8 Å². The number of halogens is 1. The van der Waals surface area contributed by atoms with Gasteiger partial charge >= 0.3 is 0 Å². The number of rotatable bonds is 11. The Hall–Kier alpha value is -4.22. The molecule has 202 valence electrons. The van der Waals surface area contributed by atoms with Crippen LogP contribution in [0.2, 0.25) is 5.02 Å². The first-order chi connectivity index (χ1) is 19.0. The summed E-state index contributed by atoms with van der Waals surface area (Å²) in [6.45, 7) is 0. The largest absolute Gasteiger partial charge is 0.497 e. The van der Waals surface area contributed by atoms with E-state index in [-0.39, 0.29) is 11.7 Å². The number of hydrazone groups is 1. The van der Waals surface area contributed by atoms with Gasteiger partial charge in [0.1, 0.15) is 5.75 Å². The van der Waals surface area contributed by atoms with E-state index in [1.807, 2.05) is 41.0 Å². The van der Waals surface area contributed by atoms with E-state index in [1.54, 1.807) is 31.4 Å². The topological polar surface area (TPSA) is 109 Å². The van der Waals surface area contributed by atoms with Crippen molar-refractivity contribution in [2.24, 2.45) is 5.10 Å². The highest BCUT2D eigenvalue weighted by atomic mass is 35.5. The SMILES string of the molecule is COc1ccc(-c2nnc(SCC(=O)NN=Cc3ccc(OC)c(OC)c3OC)n2-c2ccc(Cl)cc2)cc1. The Labute approximate surface area is 234 Å². The number of thioether (sulfide) groups is 1. The fourth-order valence-corrected chi connectivity index (χ4v) is 4.55. The van der Waals surface area contributed by atoms with Crippen LogP contribution in [-0.2, 0) is 4.79 Å². The first kappa shape index (κ1) is 27.8. The normalized spacial score (nSPS) is 10.9. The monoisotopic (exact) mass is 567 g/mol. The second-order valence-corrected chi connectivity index (χ2v) is 9.23. The number of ether oxygens (including phenoxy) is 4. The number of aromatic nitrogens is 3. The van der Waals surface area contributed by atoms with Crippen molar-refractivity contribution in [3.8, 4) is 40.1 Å². The van der Waals surface area contributed by atoms with Gasteiger partial charge in [0.2, 0.25) is 5.75 Å². The van der Waals surface area contributed by atoms with E-state index >= 15 is 0 Å². The van der Waals surface area contributed by atoms with Crippen LogP contribution in [0.4, 0.5) is 0 Å². The van der Waals surface area contributed by atoms with Gasteiger partial charge < -0.3 is 18.9 Å². The molecule has 0 unspecified atom stereocenters. The summed E-state index contributed by atoms with van der Waals surface area (Å²) >= 11 is 7.33. The predicted molar refractivity (Wildman–Crippen MR) is 151 cm³/mol. The highest BCUT2D eigenvalue weighted by Gasteiger charge is 2.18. The lowest BCUT2D eigenvalue weighted by atomic mass is 10.2. The number of methoxy groups -OCH3 is 4. The molecule has 4 aromatic rings. The first-order valence-electron chi connectivity index (χ1n) is 11.6. The Morgan fingerprint density at radius 3 is 2.28 bits per heavy atom. The molecule has 12 heteroatoms. The van der Waals surface area contributed by atoms with Gasteiger partial charge in [-0.15, -0.1) is 10.2 Å². The first-order valence-corrected chi connectivity index (χ1v) is 12.9. The third-order valence-corrected chi connectivity index (χ3v) is 6.71. The molecule has 1 heterocycles. The number of carbonyl (C=O) groups is 1. The van der Waals surface area contributed by atoms with Gasteiger partial charge in [0.05, 0.1) is 40.4 Å². The van der Waals surface area contributed by atoms with Crippen LogP contribution < -0.4 is 24.4 Å². The van der Waals surface area contributed by atoms with Crippen LogP contribution in [0.1, 0.15) is 5.56 Å².